The minimum absolute atomic E-state index is 0. The summed E-state index contributed by atoms with van der Waals surface area (Å²) < 4.78 is 0. The molecule has 2 nitrogen and oxygen atoms in total. The van der Waals surface area contributed by atoms with E-state index < -0.39 is 0 Å². The highest BCUT2D eigenvalue weighted by Gasteiger charge is 2.53. The van der Waals surface area contributed by atoms with Crippen LogP contribution in [0.1, 0.15) is 37.7 Å². The largest absolute Gasteiger partial charge is 0.378 e. The standard InChI is InChI=1S/C19H28N2.ClH/c1-21(2)15-6-3-5-13(9-15)12-20-19-11-14-10-18(19)17-8-4-7-16(14)17;/h3,5-6,9,14,16-20H,4,7-8,10-12H2,1-2H3;1H. The third-order valence-electron chi connectivity index (χ3n) is 6.42. The van der Waals surface area contributed by atoms with E-state index in [9.17, 15) is 0 Å². The van der Waals surface area contributed by atoms with Crippen molar-refractivity contribution in [1.29, 1.82) is 0 Å². The summed E-state index contributed by atoms with van der Waals surface area (Å²) in [5.41, 5.74) is 2.73. The highest BCUT2D eigenvalue weighted by atomic mass is 35.5. The SMILES string of the molecule is CN(C)c1cccc(CNC2CC3CC2C2CCCC32)c1.Cl. The number of benzene rings is 1. The summed E-state index contributed by atoms with van der Waals surface area (Å²) in [6.45, 7) is 1.03. The number of hydrogen-bond donors (Lipinski definition) is 1. The number of hydrogen-bond acceptors (Lipinski definition) is 2. The van der Waals surface area contributed by atoms with Crippen molar-refractivity contribution in [3.05, 3.63) is 29.8 Å². The maximum Gasteiger partial charge on any atom is 0.0364 e. The average molecular weight is 321 g/mol. The van der Waals surface area contributed by atoms with E-state index in [1.807, 2.05) is 0 Å². The first-order valence-corrected chi connectivity index (χ1v) is 8.72. The Hall–Kier alpha value is -0.730. The molecule has 4 rings (SSSR count). The zero-order valence-corrected chi connectivity index (χ0v) is 14.6. The summed E-state index contributed by atoms with van der Waals surface area (Å²) in [6, 6.07) is 9.73. The Morgan fingerprint density at radius 1 is 1.09 bits per heavy atom. The van der Waals surface area contributed by atoms with Gasteiger partial charge in [-0.2, -0.15) is 0 Å². The monoisotopic (exact) mass is 320 g/mol. The first-order valence-electron chi connectivity index (χ1n) is 8.72. The van der Waals surface area contributed by atoms with Crippen molar-refractivity contribution in [2.45, 2.75) is 44.7 Å². The third kappa shape index (κ3) is 2.76. The fraction of sp³-hybridized carbons (Fsp3) is 0.684. The molecule has 1 aromatic rings. The van der Waals surface area contributed by atoms with Gasteiger partial charge in [0.1, 0.15) is 0 Å². The van der Waals surface area contributed by atoms with Gasteiger partial charge in [0, 0.05) is 32.4 Å². The van der Waals surface area contributed by atoms with Crippen molar-refractivity contribution < 1.29 is 0 Å². The minimum Gasteiger partial charge on any atom is -0.378 e. The van der Waals surface area contributed by atoms with Crippen LogP contribution in [0.5, 0.6) is 0 Å². The maximum atomic E-state index is 3.89. The van der Waals surface area contributed by atoms with Crippen LogP contribution in [0.2, 0.25) is 0 Å². The van der Waals surface area contributed by atoms with E-state index in [-0.39, 0.29) is 12.4 Å². The second-order valence-electron chi connectivity index (χ2n) is 7.71. The molecule has 3 aliphatic carbocycles. The number of nitrogens with one attached hydrogen (secondary N) is 1. The van der Waals surface area contributed by atoms with Gasteiger partial charge in [-0.05, 0) is 67.1 Å². The van der Waals surface area contributed by atoms with Gasteiger partial charge in [0.2, 0.25) is 0 Å². The zero-order valence-electron chi connectivity index (χ0n) is 13.8. The van der Waals surface area contributed by atoms with E-state index in [0.717, 1.165) is 36.3 Å². The van der Waals surface area contributed by atoms with Crippen molar-refractivity contribution >= 4 is 18.1 Å². The van der Waals surface area contributed by atoms with Crippen LogP contribution in [-0.2, 0) is 6.54 Å². The topological polar surface area (TPSA) is 15.3 Å². The number of halogens is 1. The van der Waals surface area contributed by atoms with E-state index in [1.54, 1.807) is 0 Å². The van der Waals surface area contributed by atoms with Crippen LogP contribution in [0.3, 0.4) is 0 Å². The summed E-state index contributed by atoms with van der Waals surface area (Å²) >= 11 is 0. The number of rotatable bonds is 4. The number of anilines is 1. The zero-order chi connectivity index (χ0) is 14.4. The summed E-state index contributed by atoms with van der Waals surface area (Å²) in [5.74, 6) is 4.20. The molecule has 5 atom stereocenters. The Kier molecular flexibility index (Phi) is 4.70. The molecular weight excluding hydrogens is 292 g/mol. The van der Waals surface area contributed by atoms with Gasteiger partial charge in [0.25, 0.3) is 0 Å². The Morgan fingerprint density at radius 2 is 1.91 bits per heavy atom. The van der Waals surface area contributed by atoms with Gasteiger partial charge in [-0.15, -0.1) is 12.4 Å². The summed E-state index contributed by atoms with van der Waals surface area (Å²) in [6.07, 6.45) is 7.51. The Labute approximate surface area is 141 Å². The molecule has 3 saturated carbocycles. The Bertz CT molecular complexity index is 516. The van der Waals surface area contributed by atoms with Crippen LogP contribution < -0.4 is 10.2 Å². The second-order valence-corrected chi connectivity index (χ2v) is 7.71. The molecule has 1 N–H and O–H groups in total. The van der Waals surface area contributed by atoms with Gasteiger partial charge in [-0.1, -0.05) is 18.6 Å². The quantitative estimate of drug-likeness (QED) is 0.899. The highest BCUT2D eigenvalue weighted by Crippen LogP contribution is 2.58. The molecule has 0 aromatic heterocycles. The van der Waals surface area contributed by atoms with Gasteiger partial charge in [-0.3, -0.25) is 0 Å². The maximum absolute atomic E-state index is 3.89. The summed E-state index contributed by atoms with van der Waals surface area (Å²) in [4.78, 5) is 2.18. The lowest BCUT2D eigenvalue weighted by Gasteiger charge is -2.32. The molecule has 3 fully saturated rings. The lowest BCUT2D eigenvalue weighted by Crippen LogP contribution is -2.38. The van der Waals surface area contributed by atoms with Crippen LogP contribution in [-0.4, -0.2) is 20.1 Å². The predicted octanol–water partition coefficient (Wildman–Crippen LogP) is 4.09. The summed E-state index contributed by atoms with van der Waals surface area (Å²) in [7, 11) is 4.23. The van der Waals surface area contributed by atoms with E-state index >= 15 is 0 Å². The molecule has 22 heavy (non-hydrogen) atoms. The van der Waals surface area contributed by atoms with Gasteiger partial charge >= 0.3 is 0 Å². The molecule has 3 heteroatoms. The lowest BCUT2D eigenvalue weighted by atomic mass is 9.79. The molecule has 1 aromatic carbocycles. The van der Waals surface area contributed by atoms with Crippen LogP contribution in [0.25, 0.3) is 0 Å². The first-order chi connectivity index (χ1) is 10.2. The van der Waals surface area contributed by atoms with Crippen LogP contribution >= 0.6 is 12.4 Å². The van der Waals surface area contributed by atoms with E-state index in [4.69, 9.17) is 0 Å². The lowest BCUT2D eigenvalue weighted by molar-refractivity contribution is 0.208. The molecule has 0 heterocycles. The second kappa shape index (κ2) is 6.41. The minimum atomic E-state index is 0. The van der Waals surface area contributed by atoms with Crippen molar-refractivity contribution in [1.82, 2.24) is 5.32 Å². The van der Waals surface area contributed by atoms with E-state index in [2.05, 4.69) is 48.6 Å². The smallest absolute Gasteiger partial charge is 0.0364 e. The molecule has 0 spiro atoms. The van der Waals surface area contributed by atoms with Crippen LogP contribution in [0, 0.1) is 23.7 Å². The van der Waals surface area contributed by atoms with Gasteiger partial charge in [0.15, 0.2) is 0 Å². The van der Waals surface area contributed by atoms with Crippen molar-refractivity contribution in [2.75, 3.05) is 19.0 Å². The van der Waals surface area contributed by atoms with E-state index in [1.165, 1.54) is 43.4 Å². The molecule has 0 amide bonds. The molecule has 5 unspecified atom stereocenters. The fourth-order valence-electron chi connectivity index (χ4n) is 5.50. The molecular formula is C19H29ClN2. The van der Waals surface area contributed by atoms with Crippen molar-refractivity contribution in [3.8, 4) is 0 Å². The summed E-state index contributed by atoms with van der Waals surface area (Å²) in [5, 5.41) is 3.89. The van der Waals surface area contributed by atoms with Gasteiger partial charge < -0.3 is 10.2 Å². The predicted molar refractivity (Wildman–Crippen MR) is 95.7 cm³/mol. The molecule has 122 valence electrons. The number of nitrogens with zero attached hydrogens (tertiary/aromatic N) is 1. The van der Waals surface area contributed by atoms with Crippen LogP contribution in [0.4, 0.5) is 5.69 Å². The normalized spacial score (nSPS) is 35.3. The molecule has 2 bridgehead atoms. The highest BCUT2D eigenvalue weighted by molar-refractivity contribution is 5.85. The van der Waals surface area contributed by atoms with Crippen LogP contribution in [0.15, 0.2) is 24.3 Å². The Balaban J connectivity index is 0.00000144. The first kappa shape index (κ1) is 16.1. The molecule has 0 saturated heterocycles. The molecule has 3 aliphatic rings. The third-order valence-corrected chi connectivity index (χ3v) is 6.42. The van der Waals surface area contributed by atoms with Crippen molar-refractivity contribution in [3.63, 3.8) is 0 Å². The fourth-order valence-corrected chi connectivity index (χ4v) is 5.50. The van der Waals surface area contributed by atoms with Gasteiger partial charge in [0.05, 0.1) is 0 Å². The average Bonchev–Trinajstić information content (AvgIpc) is 3.17. The Morgan fingerprint density at radius 3 is 2.73 bits per heavy atom. The van der Waals surface area contributed by atoms with Gasteiger partial charge in [-0.25, -0.2) is 0 Å². The molecule has 0 radical (unpaired) electrons. The number of fused-ring (bicyclic) bond motifs is 5. The van der Waals surface area contributed by atoms with Crippen molar-refractivity contribution in [2.24, 2.45) is 23.7 Å². The molecule has 0 aliphatic heterocycles. The van der Waals surface area contributed by atoms with E-state index in [0.29, 0.717) is 0 Å².